The van der Waals surface area contributed by atoms with Crippen molar-refractivity contribution >= 4 is 46.6 Å². The van der Waals surface area contributed by atoms with E-state index in [-0.39, 0.29) is 16.2 Å². The van der Waals surface area contributed by atoms with Crippen LogP contribution in [-0.4, -0.2) is 35.6 Å². The van der Waals surface area contributed by atoms with Crippen LogP contribution in [0, 0.1) is 6.92 Å². The highest BCUT2D eigenvalue weighted by atomic mass is 32.1. The molecule has 0 saturated carbocycles. The van der Waals surface area contributed by atoms with Crippen molar-refractivity contribution in [1.82, 2.24) is 5.32 Å². The number of methoxy groups -OCH3 is 1. The topological polar surface area (TPSA) is 61.9 Å². The van der Waals surface area contributed by atoms with E-state index in [0.29, 0.717) is 23.4 Å². The van der Waals surface area contributed by atoms with Gasteiger partial charge in [0.05, 0.1) is 12.8 Å². The van der Waals surface area contributed by atoms with E-state index in [2.05, 4.69) is 57.0 Å². The monoisotopic (exact) mass is 491 g/mol. The maximum atomic E-state index is 13.5. The number of hydrogen-bond donors (Lipinski definition) is 1. The van der Waals surface area contributed by atoms with Gasteiger partial charge in [-0.2, -0.15) is 0 Å². The van der Waals surface area contributed by atoms with Gasteiger partial charge in [0.25, 0.3) is 11.8 Å². The predicted molar refractivity (Wildman–Crippen MR) is 145 cm³/mol. The number of fused-ring (bicyclic) bond motifs is 1. The van der Waals surface area contributed by atoms with Crippen LogP contribution < -0.4 is 19.9 Å². The SMILES string of the molecule is COc1ccc(N2C(=O)/C(=C/c3cc4c(cc3C)N(C(C)C)C(C)(C)C[C@H]4C)C(=O)NC2=S)cc1. The fourth-order valence-electron chi connectivity index (χ4n) is 5.53. The van der Waals surface area contributed by atoms with Crippen molar-refractivity contribution in [3.8, 4) is 5.75 Å². The number of nitrogens with one attached hydrogen (secondary N) is 1. The molecular weight excluding hydrogens is 458 g/mol. The molecule has 35 heavy (non-hydrogen) atoms. The van der Waals surface area contributed by atoms with Gasteiger partial charge in [0.2, 0.25) is 0 Å². The van der Waals surface area contributed by atoms with Gasteiger partial charge in [0.1, 0.15) is 11.3 Å². The van der Waals surface area contributed by atoms with Gasteiger partial charge < -0.3 is 9.64 Å². The summed E-state index contributed by atoms with van der Waals surface area (Å²) in [6.45, 7) is 13.3. The van der Waals surface area contributed by atoms with Gasteiger partial charge in [-0.05, 0) is 118 Å². The smallest absolute Gasteiger partial charge is 0.270 e. The van der Waals surface area contributed by atoms with Crippen LogP contribution in [0.4, 0.5) is 11.4 Å². The molecule has 2 aromatic carbocycles. The first-order chi connectivity index (χ1) is 16.4. The molecule has 4 rings (SSSR count). The van der Waals surface area contributed by atoms with Crippen molar-refractivity contribution in [1.29, 1.82) is 0 Å². The van der Waals surface area contributed by atoms with Crippen LogP contribution in [0.5, 0.6) is 5.75 Å². The second-order valence-corrected chi connectivity index (χ2v) is 10.7. The molecule has 6 nitrogen and oxygen atoms in total. The third-order valence-corrected chi connectivity index (χ3v) is 7.20. The van der Waals surface area contributed by atoms with Gasteiger partial charge in [-0.1, -0.05) is 6.92 Å². The molecule has 0 unspecified atom stereocenters. The first-order valence-corrected chi connectivity index (χ1v) is 12.3. The van der Waals surface area contributed by atoms with Crippen LogP contribution in [0.3, 0.4) is 0 Å². The number of nitrogens with zero attached hydrogens (tertiary/aromatic N) is 2. The summed E-state index contributed by atoms with van der Waals surface area (Å²) in [4.78, 5) is 30.1. The van der Waals surface area contributed by atoms with E-state index in [1.165, 1.54) is 16.2 Å². The van der Waals surface area contributed by atoms with Crippen molar-refractivity contribution in [2.45, 2.75) is 65.5 Å². The van der Waals surface area contributed by atoms with E-state index in [4.69, 9.17) is 17.0 Å². The van der Waals surface area contributed by atoms with Crippen molar-refractivity contribution < 1.29 is 14.3 Å². The Morgan fingerprint density at radius 2 is 1.83 bits per heavy atom. The lowest BCUT2D eigenvalue weighted by Gasteiger charge is -2.50. The van der Waals surface area contributed by atoms with E-state index >= 15 is 0 Å². The van der Waals surface area contributed by atoms with E-state index < -0.39 is 11.8 Å². The van der Waals surface area contributed by atoms with Gasteiger partial charge >= 0.3 is 0 Å². The second-order valence-electron chi connectivity index (χ2n) is 10.3. The van der Waals surface area contributed by atoms with Gasteiger partial charge in [-0.15, -0.1) is 0 Å². The third-order valence-electron chi connectivity index (χ3n) is 6.91. The van der Waals surface area contributed by atoms with Crippen LogP contribution in [0.2, 0.25) is 0 Å². The number of ether oxygens (including phenoxy) is 1. The highest BCUT2D eigenvalue weighted by molar-refractivity contribution is 7.80. The number of carbonyl (C=O) groups excluding carboxylic acids is 2. The minimum atomic E-state index is -0.486. The summed E-state index contributed by atoms with van der Waals surface area (Å²) in [7, 11) is 1.58. The lowest BCUT2D eigenvalue weighted by atomic mass is 9.78. The third kappa shape index (κ3) is 4.45. The van der Waals surface area contributed by atoms with E-state index in [0.717, 1.165) is 17.5 Å². The summed E-state index contributed by atoms with van der Waals surface area (Å²) < 4.78 is 5.21. The predicted octanol–water partition coefficient (Wildman–Crippen LogP) is 5.34. The number of anilines is 2. The van der Waals surface area contributed by atoms with Gasteiger partial charge in [-0.3, -0.25) is 19.8 Å². The molecule has 1 fully saturated rings. The number of amides is 2. The Balaban J connectivity index is 1.77. The largest absolute Gasteiger partial charge is 0.497 e. The summed E-state index contributed by atoms with van der Waals surface area (Å²) >= 11 is 5.33. The molecule has 0 radical (unpaired) electrons. The maximum absolute atomic E-state index is 13.5. The van der Waals surface area contributed by atoms with E-state index in [1.807, 2.05) is 6.92 Å². The lowest BCUT2D eigenvalue weighted by molar-refractivity contribution is -0.122. The Morgan fingerprint density at radius 3 is 2.43 bits per heavy atom. The number of rotatable bonds is 4. The fraction of sp³-hybridized carbons (Fsp3) is 0.393. The Bertz CT molecular complexity index is 1230. The van der Waals surface area contributed by atoms with Crippen LogP contribution in [-0.2, 0) is 9.59 Å². The average molecular weight is 492 g/mol. The molecule has 1 saturated heterocycles. The normalized spacial score (nSPS) is 20.9. The first kappa shape index (κ1) is 24.9. The van der Waals surface area contributed by atoms with Crippen LogP contribution in [0.1, 0.15) is 63.6 Å². The molecule has 1 atom stereocenters. The minimum Gasteiger partial charge on any atom is -0.497 e. The molecule has 0 aliphatic carbocycles. The number of benzene rings is 2. The maximum Gasteiger partial charge on any atom is 0.270 e. The summed E-state index contributed by atoms with van der Waals surface area (Å²) in [6, 6.07) is 11.7. The van der Waals surface area contributed by atoms with Crippen molar-refractivity contribution in [2.24, 2.45) is 0 Å². The molecule has 0 spiro atoms. The second kappa shape index (κ2) is 9.11. The highest BCUT2D eigenvalue weighted by Crippen LogP contribution is 2.45. The highest BCUT2D eigenvalue weighted by Gasteiger charge is 2.38. The lowest BCUT2D eigenvalue weighted by Crippen LogP contribution is -2.54. The molecule has 1 N–H and O–H groups in total. The van der Waals surface area contributed by atoms with Crippen LogP contribution >= 0.6 is 12.2 Å². The fourth-order valence-corrected chi connectivity index (χ4v) is 5.81. The number of carbonyl (C=O) groups is 2. The van der Waals surface area contributed by atoms with Crippen molar-refractivity contribution in [3.63, 3.8) is 0 Å². The number of aryl methyl sites for hydroxylation is 1. The summed E-state index contributed by atoms with van der Waals surface area (Å²) in [5.41, 5.74) is 5.00. The standard InChI is InChI=1S/C28H33N3O3S/c1-16(2)31-24-12-17(3)19(13-22(24)18(4)15-28(31,5)6)14-23-25(32)29-27(35)30(26(23)33)20-8-10-21(34-7)11-9-20/h8-14,16,18H,15H2,1-7H3,(H,29,32,35)/b23-14+/t18-/m1/s1. The summed E-state index contributed by atoms with van der Waals surface area (Å²) in [5, 5.41) is 2.73. The molecule has 2 aliphatic rings. The summed E-state index contributed by atoms with van der Waals surface area (Å²) in [6.07, 6.45) is 2.72. The molecule has 7 heteroatoms. The molecule has 2 aliphatic heterocycles. The average Bonchev–Trinajstić information content (AvgIpc) is 2.76. The van der Waals surface area contributed by atoms with Crippen LogP contribution in [0.25, 0.3) is 6.08 Å². The van der Waals surface area contributed by atoms with Gasteiger partial charge in [-0.25, -0.2) is 0 Å². The quantitative estimate of drug-likeness (QED) is 0.356. The Morgan fingerprint density at radius 1 is 1.17 bits per heavy atom. The Kier molecular flexibility index (Phi) is 6.49. The molecule has 2 amide bonds. The van der Waals surface area contributed by atoms with E-state index in [1.54, 1.807) is 37.5 Å². The molecule has 0 aromatic heterocycles. The van der Waals surface area contributed by atoms with Gasteiger partial charge in [0.15, 0.2) is 5.11 Å². The number of thiocarbonyl (C=S) groups is 1. The first-order valence-electron chi connectivity index (χ1n) is 11.9. The zero-order valence-corrected chi connectivity index (χ0v) is 22.2. The van der Waals surface area contributed by atoms with Crippen molar-refractivity contribution in [2.75, 3.05) is 16.9 Å². The van der Waals surface area contributed by atoms with Crippen molar-refractivity contribution in [3.05, 3.63) is 58.7 Å². The molecule has 2 heterocycles. The zero-order chi connectivity index (χ0) is 25.7. The number of hydrogen-bond acceptors (Lipinski definition) is 5. The zero-order valence-electron chi connectivity index (χ0n) is 21.4. The van der Waals surface area contributed by atoms with Gasteiger partial charge in [0, 0.05) is 17.3 Å². The summed E-state index contributed by atoms with van der Waals surface area (Å²) in [5.74, 6) is 0.0901. The molecule has 0 bridgehead atoms. The van der Waals surface area contributed by atoms with E-state index in [9.17, 15) is 9.59 Å². The minimum absolute atomic E-state index is 0.0424. The molecule has 184 valence electrons. The Labute approximate surface area is 212 Å². The molecular formula is C28H33N3O3S. The van der Waals surface area contributed by atoms with Crippen LogP contribution in [0.15, 0.2) is 42.0 Å². The molecule has 2 aromatic rings. The Hall–Kier alpha value is -3.19.